The molecule has 2 saturated carbocycles. The van der Waals surface area contributed by atoms with E-state index in [-0.39, 0.29) is 0 Å². The lowest BCUT2D eigenvalue weighted by Gasteiger charge is -2.23. The number of aryl methyl sites for hydroxylation is 1. The standard InChI is InChI=1S/C17H23Cl/c1-12-3-2-4-13(7-12)10-17(18)11-16-9-14-5-6-15(16)8-14/h2-4,7,14-17H,5-6,8-11H2,1H3. The Kier molecular flexibility index (Phi) is 3.66. The van der Waals surface area contributed by atoms with E-state index in [2.05, 4.69) is 31.2 Å². The van der Waals surface area contributed by atoms with Gasteiger partial charge in [-0.15, -0.1) is 11.6 Å². The van der Waals surface area contributed by atoms with Gasteiger partial charge in [-0.2, -0.15) is 0 Å². The Morgan fingerprint density at radius 3 is 2.83 bits per heavy atom. The molecule has 4 unspecified atom stereocenters. The second-order valence-corrected chi connectivity index (χ2v) is 7.08. The predicted octanol–water partition coefficient (Wildman–Crippen LogP) is 4.97. The number of fused-ring (bicyclic) bond motifs is 2. The summed E-state index contributed by atoms with van der Waals surface area (Å²) < 4.78 is 0. The summed E-state index contributed by atoms with van der Waals surface area (Å²) in [4.78, 5) is 0. The highest BCUT2D eigenvalue weighted by Crippen LogP contribution is 2.50. The predicted molar refractivity (Wildman–Crippen MR) is 78.1 cm³/mol. The SMILES string of the molecule is Cc1cccc(CC(Cl)CC2CC3CCC2C3)c1. The normalized spacial score (nSPS) is 31.8. The number of hydrogen-bond acceptors (Lipinski definition) is 0. The van der Waals surface area contributed by atoms with Gasteiger partial charge in [0, 0.05) is 5.38 Å². The van der Waals surface area contributed by atoms with Crippen LogP contribution in [0.15, 0.2) is 24.3 Å². The second kappa shape index (κ2) is 5.25. The molecule has 1 aromatic rings. The van der Waals surface area contributed by atoms with Crippen molar-refractivity contribution in [3.63, 3.8) is 0 Å². The summed E-state index contributed by atoms with van der Waals surface area (Å²) in [6.45, 7) is 2.16. The number of benzene rings is 1. The molecule has 0 heterocycles. The Hall–Kier alpha value is -0.490. The van der Waals surface area contributed by atoms with E-state index in [9.17, 15) is 0 Å². The van der Waals surface area contributed by atoms with Crippen molar-refractivity contribution < 1.29 is 0 Å². The lowest BCUT2D eigenvalue weighted by molar-refractivity contribution is 0.310. The largest absolute Gasteiger partial charge is 0.123 e. The van der Waals surface area contributed by atoms with E-state index in [0.29, 0.717) is 5.38 Å². The Labute approximate surface area is 116 Å². The lowest BCUT2D eigenvalue weighted by atomic mass is 9.84. The van der Waals surface area contributed by atoms with Gasteiger partial charge < -0.3 is 0 Å². The van der Waals surface area contributed by atoms with E-state index in [1.807, 2.05) is 0 Å². The highest BCUT2D eigenvalue weighted by atomic mass is 35.5. The first-order valence-electron chi connectivity index (χ1n) is 7.40. The van der Waals surface area contributed by atoms with Crippen LogP contribution >= 0.6 is 11.6 Å². The van der Waals surface area contributed by atoms with E-state index >= 15 is 0 Å². The first kappa shape index (κ1) is 12.5. The maximum absolute atomic E-state index is 6.58. The number of alkyl halides is 1. The molecule has 0 amide bonds. The van der Waals surface area contributed by atoms with Crippen molar-refractivity contribution in [1.82, 2.24) is 0 Å². The van der Waals surface area contributed by atoms with Crippen molar-refractivity contribution in [2.75, 3.05) is 0 Å². The molecule has 0 aromatic heterocycles. The Bertz CT molecular complexity index is 412. The van der Waals surface area contributed by atoms with Gasteiger partial charge in [-0.3, -0.25) is 0 Å². The van der Waals surface area contributed by atoms with E-state index in [4.69, 9.17) is 11.6 Å². The Morgan fingerprint density at radius 1 is 1.28 bits per heavy atom. The summed E-state index contributed by atoms with van der Waals surface area (Å²) in [6, 6.07) is 8.79. The van der Waals surface area contributed by atoms with E-state index in [1.54, 1.807) is 0 Å². The van der Waals surface area contributed by atoms with Crippen LogP contribution in [0.25, 0.3) is 0 Å². The van der Waals surface area contributed by atoms with Crippen molar-refractivity contribution in [3.8, 4) is 0 Å². The van der Waals surface area contributed by atoms with Gasteiger partial charge in [0.15, 0.2) is 0 Å². The minimum absolute atomic E-state index is 0.330. The summed E-state index contributed by atoms with van der Waals surface area (Å²) in [5.41, 5.74) is 2.74. The molecule has 0 aliphatic heterocycles. The van der Waals surface area contributed by atoms with Crippen molar-refractivity contribution in [2.45, 2.75) is 50.8 Å². The number of halogens is 1. The van der Waals surface area contributed by atoms with Crippen molar-refractivity contribution in [2.24, 2.45) is 17.8 Å². The van der Waals surface area contributed by atoms with E-state index in [0.717, 1.165) is 24.2 Å². The molecule has 18 heavy (non-hydrogen) atoms. The van der Waals surface area contributed by atoms with Crippen LogP contribution in [0, 0.1) is 24.7 Å². The maximum atomic E-state index is 6.58. The fraction of sp³-hybridized carbons (Fsp3) is 0.647. The summed E-state index contributed by atoms with van der Waals surface area (Å²) in [5, 5.41) is 0.330. The van der Waals surface area contributed by atoms with Crippen molar-refractivity contribution in [3.05, 3.63) is 35.4 Å². The molecule has 0 spiro atoms. The quantitative estimate of drug-likeness (QED) is 0.672. The fourth-order valence-electron chi connectivity index (χ4n) is 4.17. The molecule has 98 valence electrons. The molecule has 0 radical (unpaired) electrons. The van der Waals surface area contributed by atoms with Crippen LogP contribution < -0.4 is 0 Å². The van der Waals surface area contributed by atoms with Gasteiger partial charge in [-0.1, -0.05) is 36.2 Å². The number of rotatable bonds is 4. The summed E-state index contributed by atoms with van der Waals surface area (Å²) in [6.07, 6.45) is 8.20. The zero-order chi connectivity index (χ0) is 12.5. The molecule has 2 aliphatic rings. The summed E-state index contributed by atoms with van der Waals surface area (Å²) in [5.74, 6) is 2.98. The molecule has 2 aliphatic carbocycles. The van der Waals surface area contributed by atoms with Crippen molar-refractivity contribution in [1.29, 1.82) is 0 Å². The highest BCUT2D eigenvalue weighted by Gasteiger charge is 2.39. The average Bonchev–Trinajstić information content (AvgIpc) is 2.90. The molecule has 0 N–H and O–H groups in total. The van der Waals surface area contributed by atoms with Crippen LogP contribution in [-0.4, -0.2) is 5.38 Å². The summed E-state index contributed by atoms with van der Waals surface area (Å²) >= 11 is 6.58. The number of hydrogen-bond donors (Lipinski definition) is 0. The molecule has 0 nitrogen and oxygen atoms in total. The fourth-order valence-corrected chi connectivity index (χ4v) is 4.58. The lowest BCUT2D eigenvalue weighted by Crippen LogP contribution is -2.16. The van der Waals surface area contributed by atoms with Gasteiger partial charge in [0.05, 0.1) is 0 Å². The molecular formula is C17H23Cl. The Morgan fingerprint density at radius 2 is 2.17 bits per heavy atom. The van der Waals surface area contributed by atoms with Gasteiger partial charge in [0.2, 0.25) is 0 Å². The molecular weight excluding hydrogens is 240 g/mol. The molecule has 0 saturated heterocycles. The summed E-state index contributed by atoms with van der Waals surface area (Å²) in [7, 11) is 0. The Balaban J connectivity index is 1.54. The first-order valence-corrected chi connectivity index (χ1v) is 7.84. The molecule has 4 atom stereocenters. The zero-order valence-corrected chi connectivity index (χ0v) is 12.0. The maximum Gasteiger partial charge on any atom is 0.0379 e. The third-order valence-electron chi connectivity index (χ3n) is 4.98. The van der Waals surface area contributed by atoms with Crippen LogP contribution in [0.4, 0.5) is 0 Å². The van der Waals surface area contributed by atoms with Crippen LogP contribution in [0.3, 0.4) is 0 Å². The van der Waals surface area contributed by atoms with Gasteiger partial charge in [0.25, 0.3) is 0 Å². The van der Waals surface area contributed by atoms with Gasteiger partial charge >= 0.3 is 0 Å². The van der Waals surface area contributed by atoms with Crippen LogP contribution in [0.1, 0.15) is 43.2 Å². The van der Waals surface area contributed by atoms with E-state index in [1.165, 1.54) is 43.2 Å². The second-order valence-electron chi connectivity index (χ2n) is 6.46. The van der Waals surface area contributed by atoms with E-state index < -0.39 is 0 Å². The minimum Gasteiger partial charge on any atom is -0.123 e. The van der Waals surface area contributed by atoms with Crippen molar-refractivity contribution >= 4 is 11.6 Å². The topological polar surface area (TPSA) is 0 Å². The smallest absolute Gasteiger partial charge is 0.0379 e. The zero-order valence-electron chi connectivity index (χ0n) is 11.2. The third-order valence-corrected chi connectivity index (χ3v) is 5.32. The molecule has 3 rings (SSSR count). The minimum atomic E-state index is 0.330. The molecule has 1 heteroatoms. The average molecular weight is 263 g/mol. The highest BCUT2D eigenvalue weighted by molar-refractivity contribution is 6.20. The van der Waals surface area contributed by atoms with Crippen LogP contribution in [0.5, 0.6) is 0 Å². The third kappa shape index (κ3) is 2.74. The first-order chi connectivity index (χ1) is 8.70. The van der Waals surface area contributed by atoms with Crippen LogP contribution in [0.2, 0.25) is 0 Å². The monoisotopic (exact) mass is 262 g/mol. The van der Waals surface area contributed by atoms with Gasteiger partial charge in [-0.05, 0) is 62.3 Å². The van der Waals surface area contributed by atoms with Gasteiger partial charge in [0.1, 0.15) is 0 Å². The molecule has 2 bridgehead atoms. The van der Waals surface area contributed by atoms with Gasteiger partial charge in [-0.25, -0.2) is 0 Å². The molecule has 2 fully saturated rings. The van der Waals surface area contributed by atoms with Crippen LogP contribution in [-0.2, 0) is 6.42 Å². The molecule has 1 aromatic carbocycles.